The van der Waals surface area contributed by atoms with Crippen LogP contribution in [0.3, 0.4) is 0 Å². The molecule has 3 aromatic rings. The van der Waals surface area contributed by atoms with E-state index in [9.17, 15) is 9.18 Å². The largest absolute Gasteiger partial charge is 0.365 e. The van der Waals surface area contributed by atoms with Gasteiger partial charge in [-0.15, -0.1) is 5.10 Å². The Morgan fingerprint density at radius 2 is 1.96 bits per heavy atom. The van der Waals surface area contributed by atoms with E-state index in [1.54, 1.807) is 16.8 Å². The van der Waals surface area contributed by atoms with Crippen molar-refractivity contribution >= 4 is 11.6 Å². The van der Waals surface area contributed by atoms with Gasteiger partial charge < -0.3 is 10.1 Å². The average Bonchev–Trinajstić information content (AvgIpc) is 3.34. The van der Waals surface area contributed by atoms with E-state index in [-0.39, 0.29) is 30.1 Å². The van der Waals surface area contributed by atoms with Crippen molar-refractivity contribution in [1.82, 2.24) is 15.0 Å². The van der Waals surface area contributed by atoms with Crippen LogP contribution >= 0.6 is 0 Å². The van der Waals surface area contributed by atoms with Gasteiger partial charge in [0, 0.05) is 5.69 Å². The van der Waals surface area contributed by atoms with Gasteiger partial charge in [-0.3, -0.25) is 4.79 Å². The van der Waals surface area contributed by atoms with E-state index in [1.807, 2.05) is 12.1 Å². The van der Waals surface area contributed by atoms with Crippen molar-refractivity contribution in [3.05, 3.63) is 76.4 Å². The number of carbonyl (C=O) groups is 1. The second kappa shape index (κ2) is 6.83. The van der Waals surface area contributed by atoms with E-state index in [0.717, 1.165) is 30.5 Å². The average molecular weight is 378 g/mol. The van der Waals surface area contributed by atoms with Crippen molar-refractivity contribution in [2.75, 3.05) is 5.32 Å². The summed E-state index contributed by atoms with van der Waals surface area (Å²) in [5, 5.41) is 11.1. The van der Waals surface area contributed by atoms with Gasteiger partial charge in [-0.1, -0.05) is 23.4 Å². The summed E-state index contributed by atoms with van der Waals surface area (Å²) >= 11 is 0. The molecule has 0 fully saturated rings. The monoisotopic (exact) mass is 378 g/mol. The lowest BCUT2D eigenvalue weighted by Crippen LogP contribution is -2.24. The highest BCUT2D eigenvalue weighted by Crippen LogP contribution is 2.28. The third-order valence-corrected chi connectivity index (χ3v) is 5.41. The summed E-state index contributed by atoms with van der Waals surface area (Å²) in [6, 6.07) is 12.3. The van der Waals surface area contributed by atoms with Crippen LogP contribution in [-0.2, 0) is 30.7 Å². The fourth-order valence-electron chi connectivity index (χ4n) is 3.91. The van der Waals surface area contributed by atoms with Gasteiger partial charge in [0.25, 0.3) is 5.91 Å². The number of nitrogens with one attached hydrogen (secondary N) is 1. The molecule has 1 aromatic heterocycles. The predicted octanol–water partition coefficient (Wildman–Crippen LogP) is 3.43. The smallest absolute Gasteiger partial charge is 0.278 e. The first-order valence-corrected chi connectivity index (χ1v) is 9.40. The SMILES string of the molecule is O=C(Nc1ccc2c(c1)CCC2)c1nnn2c1COC(c1ccc(F)cc1)C2. The first-order chi connectivity index (χ1) is 13.7. The number of aromatic nitrogens is 3. The van der Waals surface area contributed by atoms with Gasteiger partial charge in [-0.05, 0) is 60.2 Å². The lowest BCUT2D eigenvalue weighted by molar-refractivity contribution is -0.00174. The standard InChI is InChI=1S/C21H19FN4O2/c22-16-7-4-14(5-8-16)19-11-26-18(12-28-19)20(24-25-26)21(27)23-17-9-6-13-2-1-3-15(13)10-17/h4-10,19H,1-3,11-12H2,(H,23,27). The lowest BCUT2D eigenvalue weighted by Gasteiger charge is -2.24. The summed E-state index contributed by atoms with van der Waals surface area (Å²) in [5.41, 5.74) is 5.22. The second-order valence-electron chi connectivity index (χ2n) is 7.21. The summed E-state index contributed by atoms with van der Waals surface area (Å²) in [6.45, 7) is 0.655. The molecule has 1 N–H and O–H groups in total. The van der Waals surface area contributed by atoms with Crippen LogP contribution in [0, 0.1) is 5.82 Å². The maximum absolute atomic E-state index is 13.1. The van der Waals surface area contributed by atoms with Gasteiger partial charge in [0.1, 0.15) is 11.9 Å². The van der Waals surface area contributed by atoms with Crippen LogP contribution in [0.15, 0.2) is 42.5 Å². The molecule has 1 amide bonds. The molecular weight excluding hydrogens is 359 g/mol. The number of fused-ring (bicyclic) bond motifs is 2. The van der Waals surface area contributed by atoms with Gasteiger partial charge in [0.15, 0.2) is 5.69 Å². The Bertz CT molecular complexity index is 1050. The fourth-order valence-corrected chi connectivity index (χ4v) is 3.91. The molecule has 0 saturated heterocycles. The number of amides is 1. The number of nitrogens with zero attached hydrogens (tertiary/aromatic N) is 3. The van der Waals surface area contributed by atoms with Gasteiger partial charge in [0.2, 0.25) is 0 Å². The van der Waals surface area contributed by atoms with Gasteiger partial charge in [-0.2, -0.15) is 0 Å². The lowest BCUT2D eigenvalue weighted by atomic mass is 10.1. The Morgan fingerprint density at radius 1 is 1.14 bits per heavy atom. The number of carbonyl (C=O) groups excluding carboxylic acids is 1. The zero-order valence-corrected chi connectivity index (χ0v) is 15.2. The maximum atomic E-state index is 13.1. The molecule has 2 aromatic carbocycles. The van der Waals surface area contributed by atoms with Crippen LogP contribution in [0.25, 0.3) is 0 Å². The zero-order valence-electron chi connectivity index (χ0n) is 15.2. The third-order valence-electron chi connectivity index (χ3n) is 5.41. The molecule has 1 aliphatic heterocycles. The van der Waals surface area contributed by atoms with Crippen molar-refractivity contribution in [2.24, 2.45) is 0 Å². The van der Waals surface area contributed by atoms with E-state index in [0.29, 0.717) is 12.2 Å². The second-order valence-corrected chi connectivity index (χ2v) is 7.21. The van der Waals surface area contributed by atoms with Crippen LogP contribution in [0.5, 0.6) is 0 Å². The summed E-state index contributed by atoms with van der Waals surface area (Å²) in [6.07, 6.45) is 3.08. The molecule has 2 aliphatic rings. The van der Waals surface area contributed by atoms with Gasteiger partial charge >= 0.3 is 0 Å². The quantitative estimate of drug-likeness (QED) is 0.758. The first kappa shape index (κ1) is 17.1. The first-order valence-electron chi connectivity index (χ1n) is 9.40. The number of aryl methyl sites for hydroxylation is 2. The maximum Gasteiger partial charge on any atom is 0.278 e. The van der Waals surface area contributed by atoms with Crippen molar-refractivity contribution in [2.45, 2.75) is 38.5 Å². The van der Waals surface area contributed by atoms with Crippen molar-refractivity contribution in [3.63, 3.8) is 0 Å². The molecule has 6 nitrogen and oxygen atoms in total. The van der Waals surface area contributed by atoms with Gasteiger partial charge in [-0.25, -0.2) is 9.07 Å². The fraction of sp³-hybridized carbons (Fsp3) is 0.286. The van der Waals surface area contributed by atoms with Crippen LogP contribution in [0.4, 0.5) is 10.1 Å². The zero-order chi connectivity index (χ0) is 19.1. The van der Waals surface area contributed by atoms with Crippen molar-refractivity contribution in [3.8, 4) is 0 Å². The Balaban J connectivity index is 1.33. The highest BCUT2D eigenvalue weighted by molar-refractivity contribution is 6.03. The molecule has 142 valence electrons. The molecule has 1 aliphatic carbocycles. The molecule has 5 rings (SSSR count). The number of hydrogen-bond acceptors (Lipinski definition) is 4. The Kier molecular flexibility index (Phi) is 4.16. The van der Waals surface area contributed by atoms with Gasteiger partial charge in [0.05, 0.1) is 18.8 Å². The Morgan fingerprint density at radius 3 is 2.82 bits per heavy atom. The predicted molar refractivity (Wildman–Crippen MR) is 100 cm³/mol. The minimum Gasteiger partial charge on any atom is -0.365 e. The Hall–Kier alpha value is -3.06. The van der Waals surface area contributed by atoms with E-state index in [1.165, 1.54) is 23.3 Å². The topological polar surface area (TPSA) is 69.0 Å². The van der Waals surface area contributed by atoms with Crippen LogP contribution in [0.1, 0.15) is 45.4 Å². The van der Waals surface area contributed by atoms with E-state index < -0.39 is 0 Å². The van der Waals surface area contributed by atoms with Crippen molar-refractivity contribution in [1.29, 1.82) is 0 Å². The number of ether oxygens (including phenoxy) is 1. The van der Waals surface area contributed by atoms with E-state index >= 15 is 0 Å². The molecule has 1 atom stereocenters. The van der Waals surface area contributed by atoms with E-state index in [4.69, 9.17) is 4.74 Å². The Labute approximate surface area is 161 Å². The molecule has 0 saturated carbocycles. The van der Waals surface area contributed by atoms with Crippen molar-refractivity contribution < 1.29 is 13.9 Å². The molecule has 0 bridgehead atoms. The highest BCUT2D eigenvalue weighted by Gasteiger charge is 2.28. The highest BCUT2D eigenvalue weighted by atomic mass is 19.1. The molecule has 0 spiro atoms. The number of halogens is 1. The molecule has 0 radical (unpaired) electrons. The summed E-state index contributed by atoms with van der Waals surface area (Å²) in [4.78, 5) is 12.7. The van der Waals surface area contributed by atoms with Crippen LogP contribution in [-0.4, -0.2) is 20.9 Å². The molecule has 2 heterocycles. The normalized spacial score (nSPS) is 17.8. The minimum absolute atomic E-state index is 0.224. The molecule has 7 heteroatoms. The summed E-state index contributed by atoms with van der Waals surface area (Å²) < 4.78 is 20.7. The third kappa shape index (κ3) is 3.07. The molecular formula is C21H19FN4O2. The number of benzene rings is 2. The van der Waals surface area contributed by atoms with E-state index in [2.05, 4.69) is 21.7 Å². The molecule has 28 heavy (non-hydrogen) atoms. The summed E-state index contributed by atoms with van der Waals surface area (Å²) in [7, 11) is 0. The summed E-state index contributed by atoms with van der Waals surface area (Å²) in [5.74, 6) is -0.574. The minimum atomic E-state index is -0.289. The molecule has 1 unspecified atom stereocenters. The van der Waals surface area contributed by atoms with Crippen LogP contribution in [0.2, 0.25) is 0 Å². The van der Waals surface area contributed by atoms with Crippen LogP contribution < -0.4 is 5.32 Å². The number of rotatable bonds is 3. The number of anilines is 1. The number of hydrogen-bond donors (Lipinski definition) is 1.